The van der Waals surface area contributed by atoms with Crippen molar-refractivity contribution >= 4 is 22.3 Å². The molecule has 0 radical (unpaired) electrons. The number of hydrogen-bond acceptors (Lipinski definition) is 3. The smallest absolute Gasteiger partial charge is 0.0456 e. The Kier molecular flexibility index (Phi) is 5.46. The Morgan fingerprint density at radius 2 is 1.52 bits per heavy atom. The third kappa shape index (κ3) is 4.54. The van der Waals surface area contributed by atoms with E-state index >= 15 is 0 Å². The third-order valence-electron chi connectivity index (χ3n) is 4.76. The Bertz CT molecular complexity index is 974. The van der Waals surface area contributed by atoms with Gasteiger partial charge in [0.25, 0.3) is 0 Å². The summed E-state index contributed by atoms with van der Waals surface area (Å²) in [6, 6.07) is 21.0. The number of pyridine rings is 1. The van der Waals surface area contributed by atoms with Crippen molar-refractivity contribution in [1.82, 2.24) is 15.3 Å². The zero-order valence-electron chi connectivity index (χ0n) is 15.3. The van der Waals surface area contributed by atoms with Crippen molar-refractivity contribution in [2.75, 3.05) is 18.4 Å². The van der Waals surface area contributed by atoms with Crippen LogP contribution < -0.4 is 10.6 Å². The van der Waals surface area contributed by atoms with E-state index in [0.29, 0.717) is 0 Å². The average Bonchev–Trinajstić information content (AvgIpc) is 3.13. The molecule has 4 heteroatoms. The van der Waals surface area contributed by atoms with Gasteiger partial charge in [0.05, 0.1) is 0 Å². The van der Waals surface area contributed by atoms with Gasteiger partial charge in [-0.1, -0.05) is 30.3 Å². The van der Waals surface area contributed by atoms with Crippen LogP contribution in [0.2, 0.25) is 0 Å². The van der Waals surface area contributed by atoms with Crippen LogP contribution >= 0.6 is 0 Å². The second-order valence-electron chi connectivity index (χ2n) is 6.67. The largest absolute Gasteiger partial charge is 0.361 e. The van der Waals surface area contributed by atoms with Gasteiger partial charge in [-0.3, -0.25) is 4.98 Å². The van der Waals surface area contributed by atoms with Crippen LogP contribution in [0.3, 0.4) is 0 Å². The van der Waals surface area contributed by atoms with Crippen LogP contribution in [0.15, 0.2) is 79.3 Å². The highest BCUT2D eigenvalue weighted by molar-refractivity contribution is 5.83. The maximum atomic E-state index is 4.03. The van der Waals surface area contributed by atoms with Crippen LogP contribution in [0, 0.1) is 0 Å². The van der Waals surface area contributed by atoms with Gasteiger partial charge in [-0.2, -0.15) is 0 Å². The van der Waals surface area contributed by atoms with E-state index < -0.39 is 0 Å². The van der Waals surface area contributed by atoms with E-state index in [9.17, 15) is 0 Å². The van der Waals surface area contributed by atoms with E-state index in [2.05, 4.69) is 75.3 Å². The molecule has 0 atom stereocenters. The van der Waals surface area contributed by atoms with Gasteiger partial charge in [-0.25, -0.2) is 0 Å². The van der Waals surface area contributed by atoms with Crippen molar-refractivity contribution in [3.8, 4) is 0 Å². The normalized spacial score (nSPS) is 11.0. The predicted octanol–water partition coefficient (Wildman–Crippen LogP) is 4.68. The SMILES string of the molecule is c1ccc2c(CCNCCc3ccc(Nc4ccncc4)cc3)c[nH]c2c1. The van der Waals surface area contributed by atoms with Crippen LogP contribution in [-0.4, -0.2) is 23.1 Å². The fourth-order valence-electron chi connectivity index (χ4n) is 3.28. The minimum atomic E-state index is 0.986. The molecule has 2 aromatic carbocycles. The zero-order chi connectivity index (χ0) is 18.3. The number of hydrogen-bond donors (Lipinski definition) is 3. The van der Waals surface area contributed by atoms with E-state index in [1.165, 1.54) is 22.0 Å². The number of para-hydroxylation sites is 1. The van der Waals surface area contributed by atoms with Gasteiger partial charge in [0.1, 0.15) is 0 Å². The maximum absolute atomic E-state index is 4.03. The van der Waals surface area contributed by atoms with Gasteiger partial charge in [0, 0.05) is 40.9 Å². The van der Waals surface area contributed by atoms with Gasteiger partial charge >= 0.3 is 0 Å². The molecule has 2 aromatic heterocycles. The van der Waals surface area contributed by atoms with Gasteiger partial charge < -0.3 is 15.6 Å². The molecule has 4 aromatic rings. The van der Waals surface area contributed by atoms with Crippen molar-refractivity contribution in [2.24, 2.45) is 0 Å². The Hall–Kier alpha value is -3.11. The van der Waals surface area contributed by atoms with E-state index in [4.69, 9.17) is 0 Å². The summed E-state index contributed by atoms with van der Waals surface area (Å²) >= 11 is 0. The molecule has 136 valence electrons. The number of anilines is 2. The minimum absolute atomic E-state index is 0.986. The van der Waals surface area contributed by atoms with Crippen LogP contribution in [0.5, 0.6) is 0 Å². The fourth-order valence-corrected chi connectivity index (χ4v) is 3.28. The van der Waals surface area contributed by atoms with Crippen molar-refractivity contribution in [3.63, 3.8) is 0 Å². The number of nitrogens with zero attached hydrogens (tertiary/aromatic N) is 1. The molecule has 2 heterocycles. The lowest BCUT2D eigenvalue weighted by Gasteiger charge is -2.08. The van der Waals surface area contributed by atoms with Gasteiger partial charge in [-0.05, 0) is 67.4 Å². The summed E-state index contributed by atoms with van der Waals surface area (Å²) in [5.74, 6) is 0. The first-order chi connectivity index (χ1) is 13.4. The molecular weight excluding hydrogens is 332 g/mol. The topological polar surface area (TPSA) is 52.7 Å². The molecule has 3 N–H and O–H groups in total. The van der Waals surface area contributed by atoms with Crippen LogP contribution in [0.4, 0.5) is 11.4 Å². The first-order valence-corrected chi connectivity index (χ1v) is 9.40. The second-order valence-corrected chi connectivity index (χ2v) is 6.67. The molecule has 0 saturated carbocycles. The molecule has 0 saturated heterocycles. The molecule has 27 heavy (non-hydrogen) atoms. The summed E-state index contributed by atoms with van der Waals surface area (Å²) < 4.78 is 0. The highest BCUT2D eigenvalue weighted by Crippen LogP contribution is 2.18. The number of benzene rings is 2. The monoisotopic (exact) mass is 356 g/mol. The molecule has 4 nitrogen and oxygen atoms in total. The second kappa shape index (κ2) is 8.52. The Balaban J connectivity index is 1.21. The van der Waals surface area contributed by atoms with Crippen LogP contribution in [0.1, 0.15) is 11.1 Å². The molecule has 0 fully saturated rings. The number of nitrogens with one attached hydrogen (secondary N) is 3. The number of aromatic amines is 1. The first-order valence-electron chi connectivity index (χ1n) is 9.40. The summed E-state index contributed by atoms with van der Waals surface area (Å²) in [5, 5.41) is 8.26. The molecule has 0 spiro atoms. The van der Waals surface area contributed by atoms with E-state index in [0.717, 1.165) is 37.3 Å². The van der Waals surface area contributed by atoms with Crippen molar-refractivity contribution < 1.29 is 0 Å². The van der Waals surface area contributed by atoms with Crippen LogP contribution in [-0.2, 0) is 12.8 Å². The molecular formula is C23H24N4. The van der Waals surface area contributed by atoms with Crippen molar-refractivity contribution in [1.29, 1.82) is 0 Å². The Morgan fingerprint density at radius 1 is 0.778 bits per heavy atom. The molecule has 4 rings (SSSR count). The number of fused-ring (bicyclic) bond motifs is 1. The third-order valence-corrected chi connectivity index (χ3v) is 4.76. The lowest BCUT2D eigenvalue weighted by molar-refractivity contribution is 0.683. The summed E-state index contributed by atoms with van der Waals surface area (Å²) in [7, 11) is 0. The lowest BCUT2D eigenvalue weighted by Crippen LogP contribution is -2.20. The number of rotatable bonds is 8. The first kappa shape index (κ1) is 17.3. The Morgan fingerprint density at radius 3 is 2.37 bits per heavy atom. The molecule has 0 unspecified atom stereocenters. The fraction of sp³-hybridized carbons (Fsp3) is 0.174. The van der Waals surface area contributed by atoms with Crippen LogP contribution in [0.25, 0.3) is 10.9 Å². The molecule has 0 aliphatic rings. The zero-order valence-corrected chi connectivity index (χ0v) is 15.3. The van der Waals surface area contributed by atoms with Gasteiger partial charge in [0.15, 0.2) is 0 Å². The number of aromatic nitrogens is 2. The summed E-state index contributed by atoms with van der Waals surface area (Å²) in [6.45, 7) is 1.98. The summed E-state index contributed by atoms with van der Waals surface area (Å²) in [6.07, 6.45) is 7.78. The van der Waals surface area contributed by atoms with Crippen molar-refractivity contribution in [2.45, 2.75) is 12.8 Å². The van der Waals surface area contributed by atoms with Gasteiger partial charge in [0.2, 0.25) is 0 Å². The molecule has 0 amide bonds. The standard InChI is InChI=1S/C23H24N4/c1-2-4-23-22(3-1)19(17-26-23)10-14-24-13-9-18-5-7-20(8-6-18)27-21-11-15-25-16-12-21/h1-8,11-12,15-17,24,26H,9-10,13-14H2,(H,25,27). The molecule has 0 aliphatic heterocycles. The highest BCUT2D eigenvalue weighted by Gasteiger charge is 2.02. The number of H-pyrrole nitrogens is 1. The average molecular weight is 356 g/mol. The van der Waals surface area contributed by atoms with E-state index in [1.54, 1.807) is 12.4 Å². The van der Waals surface area contributed by atoms with E-state index in [1.807, 2.05) is 12.1 Å². The minimum Gasteiger partial charge on any atom is -0.361 e. The van der Waals surface area contributed by atoms with Crippen molar-refractivity contribution in [3.05, 3.63) is 90.4 Å². The molecule has 0 bridgehead atoms. The maximum Gasteiger partial charge on any atom is 0.0456 e. The lowest BCUT2D eigenvalue weighted by atomic mass is 10.1. The van der Waals surface area contributed by atoms with E-state index in [-0.39, 0.29) is 0 Å². The Labute approximate surface area is 159 Å². The highest BCUT2D eigenvalue weighted by atomic mass is 14.9. The summed E-state index contributed by atoms with van der Waals surface area (Å²) in [4.78, 5) is 7.37. The predicted molar refractivity (Wildman–Crippen MR) is 113 cm³/mol. The molecule has 0 aliphatic carbocycles. The summed E-state index contributed by atoms with van der Waals surface area (Å²) in [5.41, 5.74) is 6.08. The van der Waals surface area contributed by atoms with Gasteiger partial charge in [-0.15, -0.1) is 0 Å². The quantitative estimate of drug-likeness (QED) is 0.402.